The van der Waals surface area contributed by atoms with Crippen LogP contribution in [-0.2, 0) is 12.8 Å². The highest BCUT2D eigenvalue weighted by Crippen LogP contribution is 2.29. The highest BCUT2D eigenvalue weighted by atomic mass is 15.3. The minimum atomic E-state index is 0.175. The fourth-order valence-electron chi connectivity index (χ4n) is 2.94. The Morgan fingerprint density at radius 2 is 2.18 bits per heavy atom. The van der Waals surface area contributed by atoms with Gasteiger partial charge in [-0.15, -0.1) is 0 Å². The molecule has 4 nitrogen and oxygen atoms in total. The monoisotopic (exact) mass is 232 g/mol. The van der Waals surface area contributed by atoms with E-state index in [1.807, 2.05) is 0 Å². The molecule has 1 aromatic heterocycles. The van der Waals surface area contributed by atoms with E-state index in [2.05, 4.69) is 34.0 Å². The second-order valence-corrected chi connectivity index (χ2v) is 5.71. The van der Waals surface area contributed by atoms with E-state index in [-0.39, 0.29) is 5.54 Å². The van der Waals surface area contributed by atoms with Crippen molar-refractivity contribution in [2.45, 2.75) is 38.6 Å². The van der Waals surface area contributed by atoms with Crippen LogP contribution in [0.25, 0.3) is 0 Å². The third-order valence-corrected chi connectivity index (χ3v) is 3.72. The summed E-state index contributed by atoms with van der Waals surface area (Å²) in [6, 6.07) is 0. The van der Waals surface area contributed by atoms with Crippen molar-refractivity contribution in [1.82, 2.24) is 15.3 Å². The first-order valence-corrected chi connectivity index (χ1v) is 6.48. The van der Waals surface area contributed by atoms with Gasteiger partial charge in [-0.25, -0.2) is 9.97 Å². The number of aromatic nitrogens is 2. The number of fused-ring (bicyclic) bond motifs is 1. The van der Waals surface area contributed by atoms with Gasteiger partial charge < -0.3 is 10.2 Å². The molecule has 3 rings (SSSR count). The lowest BCUT2D eigenvalue weighted by Gasteiger charge is -2.40. The van der Waals surface area contributed by atoms with Crippen LogP contribution in [0, 0.1) is 0 Å². The summed E-state index contributed by atoms with van der Waals surface area (Å²) < 4.78 is 0. The zero-order chi connectivity index (χ0) is 11.9. The molecule has 0 unspecified atom stereocenters. The van der Waals surface area contributed by atoms with Crippen molar-refractivity contribution >= 4 is 5.82 Å². The smallest absolute Gasteiger partial charge is 0.135 e. The molecule has 1 fully saturated rings. The van der Waals surface area contributed by atoms with Gasteiger partial charge in [-0.2, -0.15) is 0 Å². The summed E-state index contributed by atoms with van der Waals surface area (Å²) in [5.41, 5.74) is 2.84. The summed E-state index contributed by atoms with van der Waals surface area (Å²) in [7, 11) is 0. The van der Waals surface area contributed by atoms with Gasteiger partial charge in [0.15, 0.2) is 0 Å². The van der Waals surface area contributed by atoms with E-state index in [0.717, 1.165) is 32.5 Å². The summed E-state index contributed by atoms with van der Waals surface area (Å²) >= 11 is 0. The summed E-state index contributed by atoms with van der Waals surface area (Å²) in [6.07, 6.45) is 5.24. The van der Waals surface area contributed by atoms with Crippen LogP contribution in [0.15, 0.2) is 6.33 Å². The molecule has 0 aromatic carbocycles. The van der Waals surface area contributed by atoms with Gasteiger partial charge in [0.1, 0.15) is 12.1 Å². The maximum Gasteiger partial charge on any atom is 0.135 e. The average Bonchev–Trinajstić information content (AvgIpc) is 2.75. The summed E-state index contributed by atoms with van der Waals surface area (Å²) in [5, 5.41) is 3.54. The van der Waals surface area contributed by atoms with Crippen LogP contribution >= 0.6 is 0 Å². The largest absolute Gasteiger partial charge is 0.353 e. The van der Waals surface area contributed by atoms with Crippen LogP contribution in [0.2, 0.25) is 0 Å². The van der Waals surface area contributed by atoms with E-state index in [9.17, 15) is 0 Å². The Hall–Kier alpha value is -1.16. The van der Waals surface area contributed by atoms with Crippen LogP contribution < -0.4 is 10.2 Å². The number of nitrogens with zero attached hydrogens (tertiary/aromatic N) is 3. The molecule has 92 valence electrons. The summed E-state index contributed by atoms with van der Waals surface area (Å²) in [6.45, 7) is 7.61. The van der Waals surface area contributed by atoms with E-state index < -0.39 is 0 Å². The SMILES string of the molecule is CC1(C)CN(c2ncnc3c2CCC3)CCN1. The van der Waals surface area contributed by atoms with Gasteiger partial charge in [0.05, 0.1) is 0 Å². The van der Waals surface area contributed by atoms with Gasteiger partial charge in [0, 0.05) is 36.4 Å². The van der Waals surface area contributed by atoms with Crippen LogP contribution in [0.1, 0.15) is 31.5 Å². The summed E-state index contributed by atoms with van der Waals surface area (Å²) in [5.74, 6) is 1.18. The van der Waals surface area contributed by atoms with Crippen LogP contribution in [-0.4, -0.2) is 35.1 Å². The molecule has 0 saturated carbocycles. The van der Waals surface area contributed by atoms with Crippen molar-refractivity contribution < 1.29 is 0 Å². The van der Waals surface area contributed by atoms with Gasteiger partial charge in [-0.3, -0.25) is 0 Å². The number of hydrogen-bond donors (Lipinski definition) is 1. The number of nitrogens with one attached hydrogen (secondary N) is 1. The molecule has 1 aliphatic carbocycles. The number of hydrogen-bond acceptors (Lipinski definition) is 4. The van der Waals surface area contributed by atoms with Crippen LogP contribution in [0.4, 0.5) is 5.82 Å². The molecule has 1 aromatic rings. The Bertz CT molecular complexity index is 427. The van der Waals surface area contributed by atoms with Gasteiger partial charge in [-0.1, -0.05) is 0 Å². The number of rotatable bonds is 1. The van der Waals surface area contributed by atoms with Crippen LogP contribution in [0.3, 0.4) is 0 Å². The zero-order valence-corrected chi connectivity index (χ0v) is 10.7. The van der Waals surface area contributed by atoms with Crippen molar-refractivity contribution in [3.05, 3.63) is 17.6 Å². The molecule has 0 radical (unpaired) electrons. The average molecular weight is 232 g/mol. The minimum absolute atomic E-state index is 0.175. The molecular formula is C13H20N4. The highest BCUT2D eigenvalue weighted by molar-refractivity contribution is 5.51. The molecule has 0 spiro atoms. The lowest BCUT2D eigenvalue weighted by atomic mass is 10.0. The molecule has 0 amide bonds. The van der Waals surface area contributed by atoms with E-state index in [1.54, 1.807) is 6.33 Å². The first-order valence-electron chi connectivity index (χ1n) is 6.48. The maximum absolute atomic E-state index is 4.53. The molecule has 17 heavy (non-hydrogen) atoms. The molecule has 1 N–H and O–H groups in total. The van der Waals surface area contributed by atoms with Crippen molar-refractivity contribution in [1.29, 1.82) is 0 Å². The Morgan fingerprint density at radius 3 is 3.00 bits per heavy atom. The molecular weight excluding hydrogens is 212 g/mol. The Labute approximate surface area is 102 Å². The number of aryl methyl sites for hydroxylation is 1. The lowest BCUT2D eigenvalue weighted by Crippen LogP contribution is -2.57. The van der Waals surface area contributed by atoms with Crippen LogP contribution in [0.5, 0.6) is 0 Å². The van der Waals surface area contributed by atoms with E-state index in [0.29, 0.717) is 0 Å². The van der Waals surface area contributed by atoms with Crippen molar-refractivity contribution in [3.8, 4) is 0 Å². The molecule has 0 atom stereocenters. The topological polar surface area (TPSA) is 41.1 Å². The molecule has 4 heteroatoms. The fourth-order valence-corrected chi connectivity index (χ4v) is 2.94. The Kier molecular flexibility index (Phi) is 2.54. The second kappa shape index (κ2) is 3.95. The zero-order valence-electron chi connectivity index (χ0n) is 10.7. The van der Waals surface area contributed by atoms with Crippen molar-refractivity contribution in [2.75, 3.05) is 24.5 Å². The van der Waals surface area contributed by atoms with E-state index in [1.165, 1.54) is 23.5 Å². The molecule has 2 heterocycles. The Morgan fingerprint density at radius 1 is 1.29 bits per heavy atom. The third-order valence-electron chi connectivity index (χ3n) is 3.72. The predicted molar refractivity (Wildman–Crippen MR) is 68.4 cm³/mol. The van der Waals surface area contributed by atoms with E-state index >= 15 is 0 Å². The second-order valence-electron chi connectivity index (χ2n) is 5.71. The standard InChI is InChI=1S/C13H20N4/c1-13(2)8-17(7-6-16-13)12-10-4-3-5-11(10)14-9-15-12/h9,16H,3-8H2,1-2H3. The minimum Gasteiger partial charge on any atom is -0.353 e. The normalized spacial score (nSPS) is 22.6. The molecule has 2 aliphatic rings. The fraction of sp³-hybridized carbons (Fsp3) is 0.692. The molecule has 1 aliphatic heterocycles. The molecule has 1 saturated heterocycles. The number of piperazine rings is 1. The van der Waals surface area contributed by atoms with Gasteiger partial charge >= 0.3 is 0 Å². The molecule has 0 bridgehead atoms. The van der Waals surface area contributed by atoms with Crippen molar-refractivity contribution in [2.24, 2.45) is 0 Å². The van der Waals surface area contributed by atoms with E-state index in [4.69, 9.17) is 0 Å². The Balaban J connectivity index is 1.92. The van der Waals surface area contributed by atoms with Gasteiger partial charge in [-0.05, 0) is 33.1 Å². The maximum atomic E-state index is 4.53. The lowest BCUT2D eigenvalue weighted by molar-refractivity contribution is 0.351. The van der Waals surface area contributed by atoms with Gasteiger partial charge in [0.2, 0.25) is 0 Å². The quantitative estimate of drug-likeness (QED) is 0.788. The first kappa shape index (κ1) is 11.0. The first-order chi connectivity index (χ1) is 8.16. The predicted octanol–water partition coefficient (Wildman–Crippen LogP) is 1.15. The number of anilines is 1. The summed E-state index contributed by atoms with van der Waals surface area (Å²) in [4.78, 5) is 11.3. The highest BCUT2D eigenvalue weighted by Gasteiger charge is 2.29. The van der Waals surface area contributed by atoms with Gasteiger partial charge in [0.25, 0.3) is 0 Å². The van der Waals surface area contributed by atoms with Crippen molar-refractivity contribution in [3.63, 3.8) is 0 Å². The third kappa shape index (κ3) is 2.02.